The van der Waals surface area contributed by atoms with Crippen LogP contribution in [0.25, 0.3) is 0 Å². The highest BCUT2D eigenvalue weighted by Crippen LogP contribution is 2.14. The SMILES string of the molecule is CC/C=C\C/C=C\C/C=C\C/C=C\C/C=C\C/C=C\C/C=C\C/C=C\CCCCC(=O)OCC(COC(=O)CCCCCCCCCCCCCC)OC(=O)CCC/C=C\C/C=C\C/C=C\C/C=C\C/C=C\CC. The van der Waals surface area contributed by atoms with Crippen LogP contribution >= 0.6 is 0 Å². The summed E-state index contributed by atoms with van der Waals surface area (Å²) < 4.78 is 16.8. The van der Waals surface area contributed by atoms with Crippen molar-refractivity contribution >= 4 is 17.9 Å². The van der Waals surface area contributed by atoms with Crippen molar-refractivity contribution in [1.82, 2.24) is 0 Å². The third-order valence-electron chi connectivity index (χ3n) is 11.8. The predicted octanol–water partition coefficient (Wildman–Crippen LogP) is 20.1. The summed E-state index contributed by atoms with van der Waals surface area (Å²) in [6.45, 7) is 6.31. The zero-order valence-corrected chi connectivity index (χ0v) is 47.3. The topological polar surface area (TPSA) is 78.9 Å². The van der Waals surface area contributed by atoms with Crippen molar-refractivity contribution in [1.29, 1.82) is 0 Å². The van der Waals surface area contributed by atoms with E-state index in [4.69, 9.17) is 14.2 Å². The van der Waals surface area contributed by atoms with Crippen LogP contribution in [0.4, 0.5) is 0 Å². The monoisotopic (exact) mass is 1020 g/mol. The lowest BCUT2D eigenvalue weighted by atomic mass is 10.0. The fraction of sp³-hybridized carbons (Fsp3) is 0.574. The van der Waals surface area contributed by atoms with Gasteiger partial charge in [0.25, 0.3) is 0 Å². The van der Waals surface area contributed by atoms with Crippen LogP contribution in [0.2, 0.25) is 0 Å². The average Bonchev–Trinajstić information content (AvgIpc) is 3.40. The first-order valence-corrected chi connectivity index (χ1v) is 29.5. The number of carbonyl (C=O) groups excluding carboxylic acids is 3. The molecule has 0 rings (SSSR count). The number of esters is 3. The van der Waals surface area contributed by atoms with Gasteiger partial charge in [-0.2, -0.15) is 0 Å². The van der Waals surface area contributed by atoms with E-state index in [-0.39, 0.29) is 44.0 Å². The molecule has 0 aliphatic carbocycles. The second-order valence-electron chi connectivity index (χ2n) is 18.8. The molecule has 0 aromatic heterocycles. The van der Waals surface area contributed by atoms with E-state index >= 15 is 0 Å². The van der Waals surface area contributed by atoms with Gasteiger partial charge in [0.1, 0.15) is 13.2 Å². The Bertz CT molecular complexity index is 1690. The summed E-state index contributed by atoms with van der Waals surface area (Å²) in [7, 11) is 0. The van der Waals surface area contributed by atoms with E-state index in [1.165, 1.54) is 57.8 Å². The van der Waals surface area contributed by atoms with Gasteiger partial charge in [-0.05, 0) is 122 Å². The van der Waals surface area contributed by atoms with Gasteiger partial charge in [0, 0.05) is 19.3 Å². The zero-order valence-electron chi connectivity index (χ0n) is 47.3. The largest absolute Gasteiger partial charge is 0.462 e. The molecule has 0 amide bonds. The Morgan fingerprint density at radius 1 is 0.284 bits per heavy atom. The summed E-state index contributed by atoms with van der Waals surface area (Å²) in [5, 5.41) is 0. The normalized spacial score (nSPS) is 13.3. The highest BCUT2D eigenvalue weighted by molar-refractivity contribution is 5.71. The summed E-state index contributed by atoms with van der Waals surface area (Å²) in [6, 6.07) is 0. The molecule has 0 radical (unpaired) electrons. The van der Waals surface area contributed by atoms with Gasteiger partial charge >= 0.3 is 17.9 Å². The Labute approximate surface area is 454 Å². The minimum absolute atomic E-state index is 0.120. The molecular formula is C68H106O6. The number of carbonyl (C=O) groups is 3. The molecule has 0 heterocycles. The molecule has 74 heavy (non-hydrogen) atoms. The Balaban J connectivity index is 4.51. The molecular weight excluding hydrogens is 913 g/mol. The van der Waals surface area contributed by atoms with Crippen LogP contribution in [-0.4, -0.2) is 37.2 Å². The van der Waals surface area contributed by atoms with Gasteiger partial charge in [-0.15, -0.1) is 0 Å². The third-order valence-corrected chi connectivity index (χ3v) is 11.8. The van der Waals surface area contributed by atoms with Crippen molar-refractivity contribution in [3.8, 4) is 0 Å². The van der Waals surface area contributed by atoms with Crippen LogP contribution in [-0.2, 0) is 28.6 Å². The van der Waals surface area contributed by atoms with E-state index in [9.17, 15) is 14.4 Å². The van der Waals surface area contributed by atoms with Crippen LogP contribution in [0.1, 0.15) is 233 Å². The molecule has 0 spiro atoms. The van der Waals surface area contributed by atoms with E-state index < -0.39 is 6.10 Å². The van der Waals surface area contributed by atoms with Gasteiger partial charge in [0.2, 0.25) is 0 Å². The first-order valence-electron chi connectivity index (χ1n) is 29.5. The van der Waals surface area contributed by atoms with Crippen LogP contribution in [0, 0.1) is 0 Å². The Morgan fingerprint density at radius 3 is 0.865 bits per heavy atom. The second kappa shape index (κ2) is 60.6. The van der Waals surface area contributed by atoms with E-state index in [0.29, 0.717) is 19.3 Å². The van der Waals surface area contributed by atoms with Crippen LogP contribution in [0.15, 0.2) is 158 Å². The molecule has 414 valence electrons. The first-order chi connectivity index (χ1) is 36.5. The number of ether oxygens (including phenoxy) is 3. The predicted molar refractivity (Wildman–Crippen MR) is 320 cm³/mol. The maximum absolute atomic E-state index is 12.8. The molecule has 6 heteroatoms. The van der Waals surface area contributed by atoms with E-state index in [0.717, 1.165) is 122 Å². The molecule has 0 aromatic rings. The van der Waals surface area contributed by atoms with E-state index in [2.05, 4.69) is 179 Å². The Morgan fingerprint density at radius 2 is 0.541 bits per heavy atom. The van der Waals surface area contributed by atoms with Crippen molar-refractivity contribution in [2.24, 2.45) is 0 Å². The average molecular weight is 1020 g/mol. The van der Waals surface area contributed by atoms with E-state index in [1.54, 1.807) is 0 Å². The summed E-state index contributed by atoms with van der Waals surface area (Å²) in [6.07, 6.45) is 88.2. The Kier molecular flexibility index (Phi) is 56.5. The van der Waals surface area contributed by atoms with Gasteiger partial charge < -0.3 is 14.2 Å². The summed E-state index contributed by atoms with van der Waals surface area (Å²) in [5.41, 5.74) is 0. The fourth-order valence-corrected chi connectivity index (χ4v) is 7.43. The molecule has 0 N–H and O–H groups in total. The summed E-state index contributed by atoms with van der Waals surface area (Å²) >= 11 is 0. The van der Waals surface area contributed by atoms with Crippen molar-refractivity contribution in [2.75, 3.05) is 13.2 Å². The molecule has 0 bridgehead atoms. The third kappa shape index (κ3) is 57.9. The van der Waals surface area contributed by atoms with Gasteiger partial charge in [0.15, 0.2) is 6.10 Å². The number of allylic oxidation sites excluding steroid dienone is 26. The minimum Gasteiger partial charge on any atom is -0.462 e. The molecule has 0 saturated carbocycles. The van der Waals surface area contributed by atoms with Crippen molar-refractivity contribution < 1.29 is 28.6 Å². The van der Waals surface area contributed by atoms with Crippen LogP contribution in [0.3, 0.4) is 0 Å². The maximum atomic E-state index is 12.8. The molecule has 0 saturated heterocycles. The lowest BCUT2D eigenvalue weighted by Crippen LogP contribution is -2.30. The number of hydrogen-bond donors (Lipinski definition) is 0. The lowest BCUT2D eigenvalue weighted by molar-refractivity contribution is -0.167. The molecule has 6 nitrogen and oxygen atoms in total. The zero-order chi connectivity index (χ0) is 53.6. The quantitative estimate of drug-likeness (QED) is 0.0261. The minimum atomic E-state index is -0.832. The molecule has 0 fully saturated rings. The van der Waals surface area contributed by atoms with E-state index in [1.807, 2.05) is 0 Å². The summed E-state index contributed by atoms with van der Waals surface area (Å²) in [4.78, 5) is 38.1. The van der Waals surface area contributed by atoms with Crippen molar-refractivity contribution in [3.63, 3.8) is 0 Å². The molecule has 1 unspecified atom stereocenters. The maximum Gasteiger partial charge on any atom is 0.306 e. The Hall–Kier alpha value is -4.97. The first kappa shape index (κ1) is 69.0. The van der Waals surface area contributed by atoms with Gasteiger partial charge in [0.05, 0.1) is 0 Å². The second-order valence-corrected chi connectivity index (χ2v) is 18.8. The van der Waals surface area contributed by atoms with Gasteiger partial charge in [-0.1, -0.05) is 249 Å². The molecule has 0 aliphatic heterocycles. The fourth-order valence-electron chi connectivity index (χ4n) is 7.43. The summed E-state index contributed by atoms with van der Waals surface area (Å²) in [5.74, 6) is -1.03. The van der Waals surface area contributed by atoms with Gasteiger partial charge in [-0.25, -0.2) is 0 Å². The van der Waals surface area contributed by atoms with Crippen molar-refractivity contribution in [3.05, 3.63) is 158 Å². The van der Waals surface area contributed by atoms with Gasteiger partial charge in [-0.3, -0.25) is 14.4 Å². The molecule has 0 aromatic carbocycles. The highest BCUT2D eigenvalue weighted by atomic mass is 16.6. The lowest BCUT2D eigenvalue weighted by Gasteiger charge is -2.18. The number of unbranched alkanes of at least 4 members (excludes halogenated alkanes) is 14. The molecule has 0 aliphatic rings. The number of rotatable bonds is 51. The van der Waals surface area contributed by atoms with Crippen LogP contribution in [0.5, 0.6) is 0 Å². The highest BCUT2D eigenvalue weighted by Gasteiger charge is 2.19. The van der Waals surface area contributed by atoms with Crippen LogP contribution < -0.4 is 0 Å². The number of hydrogen-bond acceptors (Lipinski definition) is 6. The van der Waals surface area contributed by atoms with Crippen molar-refractivity contribution in [2.45, 2.75) is 239 Å². The molecule has 1 atom stereocenters. The standard InChI is InChI=1S/C68H106O6/c1-4-7-10-13-16-19-22-25-27-29-30-31-32-33-34-35-36-37-38-40-41-43-46-49-52-55-58-61-67(70)73-64-65(63-72-66(69)60-57-54-51-48-45-24-21-18-15-12-9-6-3)74-68(71)62-59-56-53-50-47-44-42-39-28-26-23-20-17-14-11-8-5-2/h7-8,10-11,16-17,19-20,25-28,30-31,33-34,36-37,40-42,44,46,49-50,53,65H,4-6,9,12-15,18,21-24,29,32,35,38-39,43,45,47-48,51-52,54-64H2,1-3H3/b10-7-,11-8-,19-16-,20-17-,27-25-,28-26-,31-30-,34-33-,37-36-,41-40-,44-42-,49-46-,53-50-. The smallest absolute Gasteiger partial charge is 0.306 e.